The summed E-state index contributed by atoms with van der Waals surface area (Å²) in [5, 5.41) is 3.08. The first-order chi connectivity index (χ1) is 17.6. The fourth-order valence-corrected chi connectivity index (χ4v) is 5.49. The number of carbonyl (C=O) groups excluding carboxylic acids is 2. The molecule has 37 heavy (non-hydrogen) atoms. The Balaban J connectivity index is 1.13. The second kappa shape index (κ2) is 11.8. The highest BCUT2D eigenvalue weighted by molar-refractivity contribution is 5.88. The van der Waals surface area contributed by atoms with Gasteiger partial charge in [0, 0.05) is 25.0 Å². The van der Waals surface area contributed by atoms with Crippen LogP contribution in [0.2, 0.25) is 0 Å². The van der Waals surface area contributed by atoms with Gasteiger partial charge in [0.05, 0.1) is 30.2 Å². The van der Waals surface area contributed by atoms with Crippen LogP contribution in [0.1, 0.15) is 83.2 Å². The lowest BCUT2D eigenvalue weighted by Crippen LogP contribution is -2.43. The van der Waals surface area contributed by atoms with Gasteiger partial charge in [-0.05, 0) is 83.9 Å². The summed E-state index contributed by atoms with van der Waals surface area (Å²) < 4.78 is 22.2. The van der Waals surface area contributed by atoms with Crippen LogP contribution in [-0.4, -0.2) is 47.9 Å². The molecule has 3 fully saturated rings. The molecule has 1 N–H and O–H groups in total. The summed E-state index contributed by atoms with van der Waals surface area (Å²) in [7, 11) is 0. The second-order valence-electron chi connectivity index (χ2n) is 11.5. The van der Waals surface area contributed by atoms with Crippen LogP contribution in [0, 0.1) is 5.92 Å². The highest BCUT2D eigenvalue weighted by Gasteiger charge is 2.53. The minimum atomic E-state index is -0.548. The lowest BCUT2D eigenvalue weighted by atomic mass is 9.83. The summed E-state index contributed by atoms with van der Waals surface area (Å²) >= 11 is 0. The van der Waals surface area contributed by atoms with Crippen LogP contribution in [0.15, 0.2) is 58.8 Å². The molecule has 2 saturated heterocycles. The fraction of sp³-hybridized carbons (Fsp3) is 0.600. The average Bonchev–Trinajstić information content (AvgIpc) is 3.33. The number of carbonyl (C=O) groups is 2. The highest BCUT2D eigenvalue weighted by Crippen LogP contribution is 2.46. The van der Waals surface area contributed by atoms with Crippen molar-refractivity contribution in [2.24, 2.45) is 5.92 Å². The number of nitrogens with one attached hydrogen (secondary N) is 1. The maximum atomic E-state index is 12.3. The topological polar surface area (TPSA) is 90.3 Å². The third-order valence-corrected chi connectivity index (χ3v) is 7.42. The van der Waals surface area contributed by atoms with Crippen molar-refractivity contribution in [2.75, 3.05) is 6.61 Å². The van der Waals surface area contributed by atoms with Gasteiger partial charge in [-0.15, -0.1) is 0 Å². The lowest BCUT2D eigenvalue weighted by Gasteiger charge is -2.38. The molecule has 2 aliphatic heterocycles. The maximum absolute atomic E-state index is 12.3. The van der Waals surface area contributed by atoms with Gasteiger partial charge in [-0.2, -0.15) is 0 Å². The van der Waals surface area contributed by atoms with Crippen LogP contribution < -0.4 is 5.32 Å². The number of hydrogen-bond acceptors (Lipinski definition) is 6. The van der Waals surface area contributed by atoms with Gasteiger partial charge in [0.2, 0.25) is 11.7 Å². The van der Waals surface area contributed by atoms with E-state index in [0.29, 0.717) is 5.92 Å². The van der Waals surface area contributed by atoms with Gasteiger partial charge < -0.3 is 23.9 Å². The van der Waals surface area contributed by atoms with Gasteiger partial charge in [0.25, 0.3) is 0 Å². The van der Waals surface area contributed by atoms with E-state index in [0.717, 1.165) is 51.6 Å². The third kappa shape index (κ3) is 8.44. The lowest BCUT2D eigenvalue weighted by molar-refractivity contribution is -0.117. The van der Waals surface area contributed by atoms with Crippen molar-refractivity contribution in [1.82, 2.24) is 5.32 Å². The van der Waals surface area contributed by atoms with E-state index < -0.39 is 12.1 Å². The summed E-state index contributed by atoms with van der Waals surface area (Å²) in [5.41, 5.74) is 1.17. The molecule has 7 nitrogen and oxygen atoms in total. The van der Waals surface area contributed by atoms with Crippen LogP contribution in [0.4, 0.5) is 0 Å². The molecule has 1 spiro atoms. The third-order valence-electron chi connectivity index (χ3n) is 7.42. The molecule has 1 amide bonds. The summed E-state index contributed by atoms with van der Waals surface area (Å²) in [5.74, 6) is 0.0809. The van der Waals surface area contributed by atoms with E-state index in [9.17, 15) is 9.59 Å². The van der Waals surface area contributed by atoms with Crippen LogP contribution in [-0.2, 0) is 19.0 Å². The van der Waals surface area contributed by atoms with Crippen LogP contribution in [0.5, 0.6) is 0 Å². The standard InChI is InChI=1S/C30H41NO6/c1-21(8-15-25-18-30(20-35-30)19-29(3,4)37-25)7-10-23-11-13-24(14-12-23)31-27(32)16-9-22(2)36-28(33)26-6-5-17-34-26/h5-9,15-17,22-25H,10-14,18-20H2,1-4H3,(H,31,32)/b15-8+,16-9-,21-7+/t22-,23?,24?,25+,30+/m0/s1. The van der Waals surface area contributed by atoms with E-state index >= 15 is 0 Å². The van der Waals surface area contributed by atoms with Crippen LogP contribution in [0.3, 0.4) is 0 Å². The molecule has 3 heterocycles. The predicted molar refractivity (Wildman–Crippen MR) is 141 cm³/mol. The highest BCUT2D eigenvalue weighted by atomic mass is 16.6. The van der Waals surface area contributed by atoms with E-state index in [-0.39, 0.29) is 35.0 Å². The summed E-state index contributed by atoms with van der Waals surface area (Å²) in [6.45, 7) is 9.02. The zero-order valence-corrected chi connectivity index (χ0v) is 22.5. The molecule has 0 aromatic carbocycles. The molecule has 1 aromatic rings. The number of amides is 1. The first-order valence-corrected chi connectivity index (χ1v) is 13.5. The number of furan rings is 1. The monoisotopic (exact) mass is 511 g/mol. The van der Waals surface area contributed by atoms with Crippen molar-refractivity contribution in [3.05, 3.63) is 60.1 Å². The van der Waals surface area contributed by atoms with Crippen molar-refractivity contribution in [2.45, 2.75) is 102 Å². The molecule has 0 unspecified atom stereocenters. The Bertz CT molecular complexity index is 1000. The van der Waals surface area contributed by atoms with E-state index in [1.54, 1.807) is 25.1 Å². The minimum absolute atomic E-state index is 0.0453. The minimum Gasteiger partial charge on any atom is -0.457 e. The Morgan fingerprint density at radius 2 is 1.97 bits per heavy atom. The Labute approximate surface area is 220 Å². The maximum Gasteiger partial charge on any atom is 0.374 e. The van der Waals surface area contributed by atoms with Gasteiger partial charge in [-0.25, -0.2) is 4.79 Å². The molecule has 7 heteroatoms. The van der Waals surface area contributed by atoms with Crippen molar-refractivity contribution >= 4 is 11.9 Å². The normalized spacial score (nSPS) is 30.5. The first kappa shape index (κ1) is 27.4. The number of esters is 1. The molecule has 202 valence electrons. The second-order valence-corrected chi connectivity index (χ2v) is 11.5. The van der Waals surface area contributed by atoms with Crippen molar-refractivity contribution in [3.8, 4) is 0 Å². The van der Waals surface area contributed by atoms with Crippen molar-refractivity contribution < 1.29 is 28.2 Å². The van der Waals surface area contributed by atoms with Gasteiger partial charge in [-0.3, -0.25) is 4.79 Å². The summed E-state index contributed by atoms with van der Waals surface area (Å²) in [6, 6.07) is 3.35. The number of epoxide rings is 1. The molecule has 0 radical (unpaired) electrons. The van der Waals surface area contributed by atoms with E-state index in [4.69, 9.17) is 18.6 Å². The number of hydrogen-bond donors (Lipinski definition) is 1. The predicted octanol–water partition coefficient (Wildman–Crippen LogP) is 5.68. The van der Waals surface area contributed by atoms with E-state index in [1.165, 1.54) is 17.9 Å². The molecule has 1 aromatic heterocycles. The Kier molecular flexibility index (Phi) is 8.75. The molecular weight excluding hydrogens is 470 g/mol. The fourth-order valence-electron chi connectivity index (χ4n) is 5.49. The van der Waals surface area contributed by atoms with Crippen molar-refractivity contribution in [3.63, 3.8) is 0 Å². The summed E-state index contributed by atoms with van der Waals surface area (Å²) in [4.78, 5) is 24.2. The molecule has 3 aliphatic rings. The van der Waals surface area contributed by atoms with E-state index in [2.05, 4.69) is 44.3 Å². The number of ether oxygens (including phenoxy) is 3. The van der Waals surface area contributed by atoms with Crippen LogP contribution in [0.25, 0.3) is 0 Å². The molecule has 1 aliphatic carbocycles. The molecule has 4 rings (SSSR count). The van der Waals surface area contributed by atoms with Gasteiger partial charge in [0.15, 0.2) is 0 Å². The number of allylic oxidation sites excluding steroid dienone is 3. The zero-order chi connectivity index (χ0) is 26.5. The Morgan fingerprint density at radius 3 is 2.65 bits per heavy atom. The number of rotatable bonds is 9. The van der Waals surface area contributed by atoms with Crippen molar-refractivity contribution in [1.29, 1.82) is 0 Å². The van der Waals surface area contributed by atoms with Gasteiger partial charge in [-0.1, -0.05) is 23.8 Å². The SMILES string of the molecule is CC(/C=C/[C@@H]1C[C@]2(CO2)CC(C)(C)O1)=C\CC1CCC(NC(=O)/C=C\[C@H](C)OC(=O)c2ccco2)CC1. The molecule has 0 bridgehead atoms. The largest absolute Gasteiger partial charge is 0.457 e. The molecule has 3 atom stereocenters. The van der Waals surface area contributed by atoms with Gasteiger partial charge >= 0.3 is 5.97 Å². The van der Waals surface area contributed by atoms with Gasteiger partial charge in [0.1, 0.15) is 6.10 Å². The van der Waals surface area contributed by atoms with E-state index in [1.807, 2.05) is 0 Å². The average molecular weight is 512 g/mol. The molecular formula is C30H41NO6. The Morgan fingerprint density at radius 1 is 1.22 bits per heavy atom. The first-order valence-electron chi connectivity index (χ1n) is 13.5. The quantitative estimate of drug-likeness (QED) is 0.199. The smallest absolute Gasteiger partial charge is 0.374 e. The zero-order valence-electron chi connectivity index (χ0n) is 22.5. The Hall–Kier alpha value is -2.64. The van der Waals surface area contributed by atoms with Crippen LogP contribution >= 0.6 is 0 Å². The summed E-state index contributed by atoms with van der Waals surface area (Å²) in [6.07, 6.45) is 17.8. The molecule has 1 saturated carbocycles.